The number of hydrogen-bond donors (Lipinski definition) is 2. The van der Waals surface area contributed by atoms with Crippen molar-refractivity contribution in [2.24, 2.45) is 0 Å². The van der Waals surface area contributed by atoms with Gasteiger partial charge in [-0.1, -0.05) is 36.4 Å². The Morgan fingerprint density at radius 2 is 0.920 bits per heavy atom. The van der Waals surface area contributed by atoms with Crippen LogP contribution in [-0.2, 0) is 20.2 Å². The standard InChI is InChI=1S/C16H10O6S2.K.H/c17-23(18,19)13-8-4-10-2-6-12-14(24(20,21)22)7-3-9-1-5-11(13)16(10)15(9)12;;/h1-8H,(H,17,18,19)(H,20,21,22);;/q;+1;-1. The number of rotatable bonds is 2. The van der Waals surface area contributed by atoms with Crippen LogP contribution in [0.1, 0.15) is 1.43 Å². The molecule has 4 rings (SSSR count). The minimum Gasteiger partial charge on any atom is -1.00 e. The molecule has 4 aromatic rings. The molecule has 0 atom stereocenters. The molecule has 25 heavy (non-hydrogen) atoms. The zero-order valence-electron chi connectivity index (χ0n) is 14.0. The van der Waals surface area contributed by atoms with Crippen LogP contribution in [0.4, 0.5) is 0 Å². The molecule has 9 heteroatoms. The van der Waals surface area contributed by atoms with Gasteiger partial charge in [-0.3, -0.25) is 9.11 Å². The molecule has 0 aliphatic heterocycles. The molecule has 0 amide bonds. The zero-order chi connectivity index (χ0) is 17.3. The van der Waals surface area contributed by atoms with E-state index in [1.54, 1.807) is 36.4 Å². The average molecular weight is 402 g/mol. The molecule has 0 heterocycles. The summed E-state index contributed by atoms with van der Waals surface area (Å²) in [4.78, 5) is -0.497. The van der Waals surface area contributed by atoms with Gasteiger partial charge >= 0.3 is 51.4 Å². The van der Waals surface area contributed by atoms with E-state index in [0.29, 0.717) is 32.3 Å². The van der Waals surface area contributed by atoms with E-state index in [4.69, 9.17) is 0 Å². The molecule has 0 aliphatic rings. The van der Waals surface area contributed by atoms with Gasteiger partial charge in [0.15, 0.2) is 0 Å². The Balaban J connectivity index is 0.00000121. The Bertz CT molecular complexity index is 1240. The fourth-order valence-electron chi connectivity index (χ4n) is 3.20. The van der Waals surface area contributed by atoms with Crippen molar-refractivity contribution in [1.82, 2.24) is 0 Å². The van der Waals surface area contributed by atoms with Crippen LogP contribution >= 0.6 is 0 Å². The fourth-order valence-corrected chi connectivity index (χ4v) is 4.57. The molecule has 0 saturated heterocycles. The summed E-state index contributed by atoms with van der Waals surface area (Å²) < 4.78 is 65.4. The summed E-state index contributed by atoms with van der Waals surface area (Å²) in [5.41, 5.74) is 0. The van der Waals surface area contributed by atoms with Crippen molar-refractivity contribution in [2.75, 3.05) is 0 Å². The summed E-state index contributed by atoms with van der Waals surface area (Å²) in [5.74, 6) is 0. The third-order valence-corrected chi connectivity index (χ3v) is 5.96. The first-order chi connectivity index (χ1) is 11.2. The summed E-state index contributed by atoms with van der Waals surface area (Å²) >= 11 is 0. The molecule has 0 fully saturated rings. The monoisotopic (exact) mass is 402 g/mol. The molecule has 124 valence electrons. The number of hydrogen-bond acceptors (Lipinski definition) is 4. The SMILES string of the molecule is O=S(=O)(O)c1ccc2ccc3c(S(=O)(=O)O)ccc4ccc1c2c43.[H-].[K+]. The van der Waals surface area contributed by atoms with E-state index >= 15 is 0 Å². The second kappa shape index (κ2) is 6.22. The Morgan fingerprint density at radius 1 is 0.600 bits per heavy atom. The molecule has 0 saturated carbocycles. The van der Waals surface area contributed by atoms with Gasteiger partial charge in [0.2, 0.25) is 0 Å². The van der Waals surface area contributed by atoms with Crippen molar-refractivity contribution >= 4 is 52.6 Å². The van der Waals surface area contributed by atoms with Crippen molar-refractivity contribution in [3.63, 3.8) is 0 Å². The molecule has 2 N–H and O–H groups in total. The first-order valence-electron chi connectivity index (χ1n) is 6.83. The van der Waals surface area contributed by atoms with E-state index in [2.05, 4.69) is 0 Å². The predicted octanol–water partition coefficient (Wildman–Crippen LogP) is 0.194. The van der Waals surface area contributed by atoms with Crippen molar-refractivity contribution in [2.45, 2.75) is 9.79 Å². The normalized spacial score (nSPS) is 12.7. The van der Waals surface area contributed by atoms with Crippen LogP contribution in [0, 0.1) is 0 Å². The summed E-state index contributed by atoms with van der Waals surface area (Å²) in [6.07, 6.45) is 0. The largest absolute Gasteiger partial charge is 1.00 e. The molecule has 0 aromatic heterocycles. The van der Waals surface area contributed by atoms with Gasteiger partial charge in [0.1, 0.15) is 9.79 Å². The van der Waals surface area contributed by atoms with Gasteiger partial charge in [-0.15, -0.1) is 0 Å². The van der Waals surface area contributed by atoms with Gasteiger partial charge < -0.3 is 1.43 Å². The molecule has 0 aliphatic carbocycles. The maximum absolute atomic E-state index is 11.6. The van der Waals surface area contributed by atoms with Gasteiger partial charge in [0.25, 0.3) is 20.2 Å². The van der Waals surface area contributed by atoms with Gasteiger partial charge in [0, 0.05) is 10.8 Å². The van der Waals surface area contributed by atoms with Crippen LogP contribution in [0.15, 0.2) is 58.3 Å². The predicted molar refractivity (Wildman–Crippen MR) is 90.9 cm³/mol. The molecule has 0 unspecified atom stereocenters. The van der Waals surface area contributed by atoms with Gasteiger partial charge in [-0.25, -0.2) is 0 Å². The second-order valence-corrected chi connectivity index (χ2v) is 8.28. The summed E-state index contributed by atoms with van der Waals surface area (Å²) in [6, 6.07) is 12.1. The van der Waals surface area contributed by atoms with Crippen LogP contribution in [0.5, 0.6) is 0 Å². The van der Waals surface area contributed by atoms with Gasteiger partial charge in [-0.05, 0) is 33.7 Å². The van der Waals surface area contributed by atoms with E-state index in [1.807, 2.05) is 0 Å². The Morgan fingerprint density at radius 3 is 1.24 bits per heavy atom. The smallest absolute Gasteiger partial charge is 1.00 e. The van der Waals surface area contributed by atoms with Crippen LogP contribution < -0.4 is 51.4 Å². The van der Waals surface area contributed by atoms with Gasteiger partial charge in [-0.2, -0.15) is 16.8 Å². The van der Waals surface area contributed by atoms with Crippen LogP contribution in [0.2, 0.25) is 0 Å². The maximum atomic E-state index is 11.6. The average Bonchev–Trinajstić information content (AvgIpc) is 2.50. The van der Waals surface area contributed by atoms with E-state index in [0.717, 1.165) is 0 Å². The second-order valence-electron chi connectivity index (χ2n) is 5.50. The Hall–Kier alpha value is -0.624. The molecule has 0 spiro atoms. The molecule has 0 bridgehead atoms. The van der Waals surface area contributed by atoms with Gasteiger partial charge in [0.05, 0.1) is 0 Å². The topological polar surface area (TPSA) is 109 Å². The van der Waals surface area contributed by atoms with E-state index in [9.17, 15) is 25.9 Å². The van der Waals surface area contributed by atoms with Crippen molar-refractivity contribution < 1.29 is 78.8 Å². The van der Waals surface area contributed by atoms with Crippen LogP contribution in [0.3, 0.4) is 0 Å². The zero-order valence-corrected chi connectivity index (χ0v) is 17.7. The van der Waals surface area contributed by atoms with Crippen molar-refractivity contribution in [3.8, 4) is 0 Å². The molecular formula is C16H11KO6S2. The van der Waals surface area contributed by atoms with Crippen LogP contribution in [0.25, 0.3) is 32.3 Å². The first-order valence-corrected chi connectivity index (χ1v) is 9.71. The van der Waals surface area contributed by atoms with Crippen molar-refractivity contribution in [3.05, 3.63) is 48.5 Å². The fraction of sp³-hybridized carbons (Fsp3) is 0. The van der Waals surface area contributed by atoms with E-state index < -0.39 is 20.2 Å². The minimum atomic E-state index is -4.43. The number of benzene rings is 4. The Labute approximate surface area is 187 Å². The Kier molecular flexibility index (Phi) is 4.76. The van der Waals surface area contributed by atoms with E-state index in [1.165, 1.54) is 12.1 Å². The summed E-state index contributed by atoms with van der Waals surface area (Å²) in [6.45, 7) is 0. The summed E-state index contributed by atoms with van der Waals surface area (Å²) in [7, 11) is -8.87. The van der Waals surface area contributed by atoms with E-state index in [-0.39, 0.29) is 62.6 Å². The quantitative estimate of drug-likeness (QED) is 0.282. The molecule has 0 radical (unpaired) electrons. The van der Waals surface area contributed by atoms with Crippen LogP contribution in [-0.4, -0.2) is 25.9 Å². The third kappa shape index (κ3) is 3.03. The first kappa shape index (κ1) is 19.1. The van der Waals surface area contributed by atoms with Crippen molar-refractivity contribution in [1.29, 1.82) is 0 Å². The maximum Gasteiger partial charge on any atom is 1.00 e. The third-order valence-electron chi connectivity index (χ3n) is 4.14. The molecule has 4 aromatic carbocycles. The molecular weight excluding hydrogens is 391 g/mol. The minimum absolute atomic E-state index is 0. The summed E-state index contributed by atoms with van der Waals surface area (Å²) in [5, 5.41) is 3.02. The molecule has 6 nitrogen and oxygen atoms in total.